The fraction of sp³-hybridized carbons (Fsp3) is 0.375. The predicted molar refractivity (Wildman–Crippen MR) is 132 cm³/mol. The Kier molecular flexibility index (Phi) is 6.76. The lowest BCUT2D eigenvalue weighted by atomic mass is 9.96. The summed E-state index contributed by atoms with van der Waals surface area (Å²) >= 11 is 7.67. The number of aromatic nitrogens is 1. The van der Waals surface area contributed by atoms with Gasteiger partial charge >= 0.3 is 5.97 Å². The van der Waals surface area contributed by atoms with Crippen LogP contribution in [0.3, 0.4) is 0 Å². The molecule has 1 aromatic carbocycles. The number of carbonyl (C=O) groups is 3. The minimum absolute atomic E-state index is 0.102. The Morgan fingerprint density at radius 2 is 1.94 bits per heavy atom. The number of nitrogens with zero attached hydrogens (tertiary/aromatic N) is 1. The summed E-state index contributed by atoms with van der Waals surface area (Å²) in [7, 11) is 0. The first-order valence-corrected chi connectivity index (χ1v) is 12.2. The van der Waals surface area contributed by atoms with Crippen molar-refractivity contribution < 1.29 is 19.1 Å². The van der Waals surface area contributed by atoms with Crippen molar-refractivity contribution >= 4 is 62.3 Å². The SMILES string of the molecule is CCOC(=O)c1c(NC(C)=O)c2c3c(sc2n1CC(=O)Nc1cc(Cl)ccc1C)CCCC3. The van der Waals surface area contributed by atoms with Gasteiger partial charge in [-0.25, -0.2) is 4.79 Å². The van der Waals surface area contributed by atoms with Crippen LogP contribution in [0.2, 0.25) is 5.02 Å². The highest BCUT2D eigenvalue weighted by Gasteiger charge is 2.31. The fourth-order valence-corrected chi connectivity index (χ4v) is 5.85. The number of ether oxygens (including phenoxy) is 1. The van der Waals surface area contributed by atoms with Crippen LogP contribution < -0.4 is 10.6 Å². The number of thiophene rings is 1. The van der Waals surface area contributed by atoms with Gasteiger partial charge in [-0.3, -0.25) is 9.59 Å². The Hall–Kier alpha value is -2.84. The van der Waals surface area contributed by atoms with Crippen molar-refractivity contribution in [3.8, 4) is 0 Å². The monoisotopic (exact) mass is 487 g/mol. The lowest BCUT2D eigenvalue weighted by Gasteiger charge is -2.14. The minimum Gasteiger partial charge on any atom is -0.461 e. The molecule has 0 saturated heterocycles. The molecule has 0 unspecified atom stereocenters. The highest BCUT2D eigenvalue weighted by molar-refractivity contribution is 7.19. The van der Waals surface area contributed by atoms with Crippen LogP contribution in [0.4, 0.5) is 11.4 Å². The van der Waals surface area contributed by atoms with E-state index < -0.39 is 5.97 Å². The average Bonchev–Trinajstić information content (AvgIpc) is 3.26. The zero-order valence-electron chi connectivity index (χ0n) is 18.8. The number of fused-ring (bicyclic) bond motifs is 3. The molecule has 33 heavy (non-hydrogen) atoms. The first-order valence-electron chi connectivity index (χ1n) is 11.0. The molecule has 1 aliphatic rings. The van der Waals surface area contributed by atoms with Crippen molar-refractivity contribution in [2.24, 2.45) is 0 Å². The lowest BCUT2D eigenvalue weighted by Crippen LogP contribution is -2.23. The Balaban J connectivity index is 1.82. The number of halogens is 1. The van der Waals surface area contributed by atoms with E-state index in [9.17, 15) is 14.4 Å². The van der Waals surface area contributed by atoms with Gasteiger partial charge in [0.1, 0.15) is 11.4 Å². The maximum absolute atomic E-state index is 13.1. The van der Waals surface area contributed by atoms with Crippen molar-refractivity contribution in [1.82, 2.24) is 4.57 Å². The number of hydrogen-bond acceptors (Lipinski definition) is 5. The molecule has 174 valence electrons. The highest BCUT2D eigenvalue weighted by Crippen LogP contribution is 2.44. The highest BCUT2D eigenvalue weighted by atomic mass is 35.5. The first kappa shape index (κ1) is 23.3. The third-order valence-corrected chi connectivity index (χ3v) is 7.25. The maximum Gasteiger partial charge on any atom is 0.357 e. The van der Waals surface area contributed by atoms with Crippen LogP contribution in [-0.4, -0.2) is 29.0 Å². The topological polar surface area (TPSA) is 89.4 Å². The largest absolute Gasteiger partial charge is 0.461 e. The molecule has 2 aromatic heterocycles. The Bertz CT molecular complexity index is 1260. The molecule has 2 heterocycles. The van der Waals surface area contributed by atoms with Crippen molar-refractivity contribution in [3.63, 3.8) is 0 Å². The minimum atomic E-state index is -0.569. The molecule has 0 radical (unpaired) electrons. The number of rotatable bonds is 6. The van der Waals surface area contributed by atoms with E-state index in [0.29, 0.717) is 16.4 Å². The van der Waals surface area contributed by atoms with E-state index in [2.05, 4.69) is 10.6 Å². The molecule has 0 atom stereocenters. The molecule has 0 fully saturated rings. The van der Waals surface area contributed by atoms with Gasteiger partial charge in [-0.05, 0) is 62.8 Å². The van der Waals surface area contributed by atoms with E-state index in [0.717, 1.165) is 47.0 Å². The molecule has 3 aromatic rings. The maximum atomic E-state index is 13.1. The van der Waals surface area contributed by atoms with Gasteiger partial charge in [0.2, 0.25) is 11.8 Å². The summed E-state index contributed by atoms with van der Waals surface area (Å²) in [5.41, 5.74) is 3.27. The molecule has 0 saturated carbocycles. The van der Waals surface area contributed by atoms with E-state index in [1.54, 1.807) is 35.0 Å². The number of anilines is 2. The van der Waals surface area contributed by atoms with Crippen LogP contribution in [0.5, 0.6) is 0 Å². The van der Waals surface area contributed by atoms with Gasteiger partial charge in [-0.15, -0.1) is 11.3 Å². The molecule has 9 heteroatoms. The normalized spacial score (nSPS) is 13.0. The van der Waals surface area contributed by atoms with Crippen LogP contribution in [0, 0.1) is 6.92 Å². The second kappa shape index (κ2) is 9.57. The first-order chi connectivity index (χ1) is 15.8. The molecule has 2 N–H and O–H groups in total. The molecule has 2 amide bonds. The summed E-state index contributed by atoms with van der Waals surface area (Å²) in [5.74, 6) is -1.15. The standard InChI is InChI=1S/C24H26ClN3O4S/c1-4-32-24(31)22-21(26-14(3)29)20-16-7-5-6-8-18(16)33-23(20)28(22)12-19(30)27-17-11-15(25)10-9-13(17)2/h9-11H,4-8,12H2,1-3H3,(H,26,29)(H,27,30). The van der Waals surface area contributed by atoms with Crippen LogP contribution in [0.25, 0.3) is 10.2 Å². The molecule has 0 bridgehead atoms. The van der Waals surface area contributed by atoms with Gasteiger partial charge in [0.25, 0.3) is 0 Å². The average molecular weight is 488 g/mol. The van der Waals surface area contributed by atoms with Gasteiger partial charge in [-0.2, -0.15) is 0 Å². The second-order valence-corrected chi connectivity index (χ2v) is 9.63. The van der Waals surface area contributed by atoms with Gasteiger partial charge in [0.15, 0.2) is 5.69 Å². The van der Waals surface area contributed by atoms with Gasteiger partial charge in [-0.1, -0.05) is 17.7 Å². The summed E-state index contributed by atoms with van der Waals surface area (Å²) in [5, 5.41) is 7.11. The van der Waals surface area contributed by atoms with Crippen LogP contribution in [0.1, 0.15) is 53.2 Å². The van der Waals surface area contributed by atoms with Gasteiger partial charge in [0.05, 0.1) is 12.3 Å². The van der Waals surface area contributed by atoms with Crippen molar-refractivity contribution in [3.05, 3.63) is 44.9 Å². The van der Waals surface area contributed by atoms with E-state index in [1.165, 1.54) is 11.8 Å². The van der Waals surface area contributed by atoms with Gasteiger partial charge in [0, 0.05) is 27.9 Å². The number of hydrogen-bond donors (Lipinski definition) is 2. The molecule has 4 rings (SSSR count). The third kappa shape index (κ3) is 4.63. The van der Waals surface area contributed by atoms with Crippen LogP contribution in [-0.2, 0) is 33.7 Å². The number of carbonyl (C=O) groups excluding carboxylic acids is 3. The number of nitrogens with one attached hydrogen (secondary N) is 2. The van der Waals surface area contributed by atoms with Crippen LogP contribution in [0.15, 0.2) is 18.2 Å². The molecule has 1 aliphatic carbocycles. The van der Waals surface area contributed by atoms with Crippen molar-refractivity contribution in [2.75, 3.05) is 17.2 Å². The van der Waals surface area contributed by atoms with E-state index in [1.807, 2.05) is 13.0 Å². The number of aryl methyl sites for hydroxylation is 3. The summed E-state index contributed by atoms with van der Waals surface area (Å²) in [6, 6.07) is 5.29. The lowest BCUT2D eigenvalue weighted by molar-refractivity contribution is -0.116. The Morgan fingerprint density at radius 3 is 2.67 bits per heavy atom. The molecule has 7 nitrogen and oxygen atoms in total. The second-order valence-electron chi connectivity index (χ2n) is 8.11. The van der Waals surface area contributed by atoms with Crippen molar-refractivity contribution in [2.45, 2.75) is 53.0 Å². The van der Waals surface area contributed by atoms with E-state index >= 15 is 0 Å². The van der Waals surface area contributed by atoms with Crippen molar-refractivity contribution in [1.29, 1.82) is 0 Å². The number of amides is 2. The fourth-order valence-electron chi connectivity index (χ4n) is 4.28. The number of benzene rings is 1. The molecule has 0 aliphatic heterocycles. The molecule has 0 spiro atoms. The summed E-state index contributed by atoms with van der Waals surface area (Å²) in [4.78, 5) is 40.2. The summed E-state index contributed by atoms with van der Waals surface area (Å²) < 4.78 is 6.99. The predicted octanol–water partition coefficient (Wildman–Crippen LogP) is 5.32. The third-order valence-electron chi connectivity index (χ3n) is 5.70. The molecular formula is C24H26ClN3O4S. The smallest absolute Gasteiger partial charge is 0.357 e. The molecular weight excluding hydrogens is 462 g/mol. The van der Waals surface area contributed by atoms with Crippen LogP contribution >= 0.6 is 22.9 Å². The summed E-state index contributed by atoms with van der Waals surface area (Å²) in [6.07, 6.45) is 3.98. The van der Waals surface area contributed by atoms with E-state index in [-0.39, 0.29) is 30.7 Å². The van der Waals surface area contributed by atoms with Gasteiger partial charge < -0.3 is 19.9 Å². The zero-order valence-corrected chi connectivity index (χ0v) is 20.4. The quantitative estimate of drug-likeness (QED) is 0.460. The Morgan fingerprint density at radius 1 is 1.18 bits per heavy atom. The summed E-state index contributed by atoms with van der Waals surface area (Å²) in [6.45, 7) is 5.10. The zero-order chi connectivity index (χ0) is 23.7. The van der Waals surface area contributed by atoms with E-state index in [4.69, 9.17) is 16.3 Å². The number of esters is 1. The Labute approximate surface area is 201 Å².